The summed E-state index contributed by atoms with van der Waals surface area (Å²) in [5, 5.41) is 12.3. The molecule has 2 fully saturated rings. The van der Waals surface area contributed by atoms with Gasteiger partial charge >= 0.3 is 17.9 Å². The van der Waals surface area contributed by atoms with Gasteiger partial charge in [-0.15, -0.1) is 10.2 Å². The minimum Gasteiger partial charge on any atom is -0.485 e. The number of benzene rings is 1. The van der Waals surface area contributed by atoms with Gasteiger partial charge in [-0.3, -0.25) is 23.7 Å². The van der Waals surface area contributed by atoms with Crippen molar-refractivity contribution in [2.75, 3.05) is 6.61 Å². The van der Waals surface area contributed by atoms with Crippen LogP contribution >= 0.6 is 11.8 Å². The number of thioether (sulfide) groups is 1. The second-order valence-electron chi connectivity index (χ2n) is 10.6. The molecule has 0 spiro atoms. The average molecular weight is 619 g/mol. The fourth-order valence-electron chi connectivity index (χ4n) is 5.37. The van der Waals surface area contributed by atoms with Crippen molar-refractivity contribution < 1.29 is 42.9 Å². The van der Waals surface area contributed by atoms with E-state index in [1.54, 1.807) is 0 Å². The maximum Gasteiger partial charge on any atom is 0.303 e. The van der Waals surface area contributed by atoms with Crippen molar-refractivity contribution in [2.45, 2.75) is 108 Å². The molecule has 1 aromatic heterocycles. The first-order chi connectivity index (χ1) is 20.5. The monoisotopic (exact) mass is 618 g/mol. The van der Waals surface area contributed by atoms with Crippen molar-refractivity contribution in [2.24, 2.45) is 0 Å². The third kappa shape index (κ3) is 8.47. The van der Waals surface area contributed by atoms with Crippen molar-refractivity contribution in [3.05, 3.63) is 35.7 Å². The van der Waals surface area contributed by atoms with E-state index in [1.165, 1.54) is 39.5 Å². The van der Waals surface area contributed by atoms with Gasteiger partial charge in [0.25, 0.3) is 0 Å². The summed E-state index contributed by atoms with van der Waals surface area (Å²) in [6.45, 7) is 6.85. The molecule has 234 valence electrons. The van der Waals surface area contributed by atoms with E-state index in [4.69, 9.17) is 23.7 Å². The Morgan fingerprint density at radius 3 is 2.28 bits per heavy atom. The largest absolute Gasteiger partial charge is 0.485 e. The number of rotatable bonds is 11. The Kier molecular flexibility index (Phi) is 11.0. The minimum absolute atomic E-state index is 0.130. The third-order valence-electron chi connectivity index (χ3n) is 7.17. The van der Waals surface area contributed by atoms with Crippen molar-refractivity contribution in [3.8, 4) is 5.75 Å². The number of aromatic nitrogens is 3. The van der Waals surface area contributed by atoms with Gasteiger partial charge in [0.05, 0.1) is 0 Å². The lowest BCUT2D eigenvalue weighted by Crippen LogP contribution is -2.65. The second kappa shape index (κ2) is 14.7. The highest BCUT2D eigenvalue weighted by Gasteiger charge is 2.51. The summed E-state index contributed by atoms with van der Waals surface area (Å²) < 4.78 is 30.8. The first-order valence-electron chi connectivity index (χ1n) is 14.2. The molecule has 5 atom stereocenters. The van der Waals surface area contributed by atoms with Gasteiger partial charge < -0.3 is 29.0 Å². The number of amides is 1. The van der Waals surface area contributed by atoms with Crippen LogP contribution in [0, 0.1) is 6.92 Å². The molecule has 1 N–H and O–H groups in total. The number of aryl methyl sites for hydroxylation is 1. The molecule has 1 aromatic carbocycles. The summed E-state index contributed by atoms with van der Waals surface area (Å²) in [6.07, 6.45) is 0.660. The van der Waals surface area contributed by atoms with Gasteiger partial charge in [-0.25, -0.2) is 0 Å². The zero-order valence-electron chi connectivity index (χ0n) is 24.9. The molecule has 2 aliphatic rings. The maximum absolute atomic E-state index is 12.4. The topological polar surface area (TPSA) is 157 Å². The maximum atomic E-state index is 12.4. The average Bonchev–Trinajstić information content (AvgIpc) is 3.59. The van der Waals surface area contributed by atoms with E-state index in [0.29, 0.717) is 11.0 Å². The quantitative estimate of drug-likeness (QED) is 0.290. The van der Waals surface area contributed by atoms with Crippen molar-refractivity contribution >= 4 is 35.6 Å². The van der Waals surface area contributed by atoms with E-state index in [2.05, 4.69) is 15.5 Å². The van der Waals surface area contributed by atoms with Crippen LogP contribution in [0.1, 0.15) is 70.8 Å². The summed E-state index contributed by atoms with van der Waals surface area (Å²) in [6, 6.07) is 6.89. The summed E-state index contributed by atoms with van der Waals surface area (Å²) in [7, 11) is 0. The Morgan fingerprint density at radius 1 is 0.977 bits per heavy atom. The fourth-order valence-corrected chi connectivity index (χ4v) is 6.60. The highest BCUT2D eigenvalue weighted by atomic mass is 32.2. The van der Waals surface area contributed by atoms with Crippen LogP contribution in [-0.2, 0) is 44.7 Å². The van der Waals surface area contributed by atoms with Gasteiger partial charge in [0, 0.05) is 33.7 Å². The Hall–Kier alpha value is -3.65. The predicted molar refractivity (Wildman–Crippen MR) is 153 cm³/mol. The minimum atomic E-state index is -1.17. The van der Waals surface area contributed by atoms with Gasteiger partial charge in [0.2, 0.25) is 5.91 Å². The first kappa shape index (κ1) is 32.3. The fraction of sp³-hybridized carbons (Fsp3) is 0.586. The lowest BCUT2D eigenvalue weighted by Gasteiger charge is -2.44. The molecular formula is C29H38N4O9S. The zero-order chi connectivity index (χ0) is 31.1. The molecule has 5 unspecified atom stereocenters. The van der Waals surface area contributed by atoms with Crippen molar-refractivity contribution in [3.63, 3.8) is 0 Å². The number of nitrogens with zero attached hydrogens (tertiary/aromatic N) is 3. The van der Waals surface area contributed by atoms with E-state index >= 15 is 0 Å². The molecule has 0 bridgehead atoms. The molecule has 4 rings (SSSR count). The lowest BCUT2D eigenvalue weighted by atomic mass is 9.97. The molecule has 2 heterocycles. The van der Waals surface area contributed by atoms with E-state index < -0.39 is 53.6 Å². The van der Waals surface area contributed by atoms with Crippen LogP contribution in [0.3, 0.4) is 0 Å². The number of nitrogens with one attached hydrogen (secondary N) is 1. The van der Waals surface area contributed by atoms with Crippen molar-refractivity contribution in [1.82, 2.24) is 20.1 Å². The molecule has 1 amide bonds. The summed E-state index contributed by atoms with van der Waals surface area (Å²) in [5.74, 6) is -0.921. The van der Waals surface area contributed by atoms with Crippen LogP contribution in [0.25, 0.3) is 0 Å². The molecule has 1 aliphatic carbocycles. The smallest absolute Gasteiger partial charge is 0.303 e. The predicted octanol–water partition coefficient (Wildman–Crippen LogP) is 3.03. The summed E-state index contributed by atoms with van der Waals surface area (Å²) in [5.41, 5.74) is 0.102. The van der Waals surface area contributed by atoms with E-state index in [1.807, 2.05) is 35.8 Å². The highest BCUT2D eigenvalue weighted by Crippen LogP contribution is 2.39. The molecule has 0 radical (unpaired) electrons. The lowest BCUT2D eigenvalue weighted by molar-refractivity contribution is -0.211. The second-order valence-corrected chi connectivity index (χ2v) is 11.7. The molecule has 2 aromatic rings. The van der Waals surface area contributed by atoms with Crippen LogP contribution < -0.4 is 10.1 Å². The summed E-state index contributed by atoms with van der Waals surface area (Å²) in [4.78, 5) is 48.3. The van der Waals surface area contributed by atoms with Gasteiger partial charge in [0.15, 0.2) is 23.2 Å². The number of hydrogen-bond donors (Lipinski definition) is 1. The number of para-hydroxylation sites is 1. The Labute approximate surface area is 254 Å². The number of esters is 3. The molecule has 1 saturated heterocycles. The van der Waals surface area contributed by atoms with Crippen LogP contribution in [0.4, 0.5) is 0 Å². The van der Waals surface area contributed by atoms with Gasteiger partial charge in [0.1, 0.15) is 36.5 Å². The zero-order valence-corrected chi connectivity index (χ0v) is 25.8. The Morgan fingerprint density at radius 2 is 1.65 bits per heavy atom. The van der Waals surface area contributed by atoms with E-state index in [-0.39, 0.29) is 19.3 Å². The van der Waals surface area contributed by atoms with Crippen LogP contribution in [0.2, 0.25) is 0 Å². The standard InChI is InChI=1S/C29H38N4O9S/c1-16-10-6-9-13-22(16)39-15-24-31-32-29(33(24)21-11-7-8-12-21)43-28-25(30-17(2)34)27(41-20(5)37)26(40-19(4)36)23(42-28)14-38-18(3)35/h6,9-10,13,21,23,25-28H,7-8,11-12,14-15H2,1-5H3,(H,30,34). The molecule has 1 aliphatic heterocycles. The highest BCUT2D eigenvalue weighted by molar-refractivity contribution is 7.99. The SMILES string of the molecule is CC(=O)NC1C(Sc2nnc(COc3ccccc3C)n2C2CCCC2)OC(COC(C)=O)C(OC(C)=O)C1OC(C)=O. The van der Waals surface area contributed by atoms with Gasteiger partial charge in [-0.05, 0) is 31.4 Å². The van der Waals surface area contributed by atoms with Crippen LogP contribution in [0.5, 0.6) is 5.75 Å². The van der Waals surface area contributed by atoms with Crippen LogP contribution in [0.15, 0.2) is 29.4 Å². The normalized spacial score (nSPS) is 23.8. The Bertz CT molecular complexity index is 1310. The first-order valence-corrected chi connectivity index (χ1v) is 15.1. The number of hydrogen-bond acceptors (Lipinski definition) is 12. The van der Waals surface area contributed by atoms with Crippen molar-refractivity contribution in [1.29, 1.82) is 0 Å². The number of carbonyl (C=O) groups excluding carboxylic acids is 4. The number of carbonyl (C=O) groups is 4. The molecule has 1 saturated carbocycles. The molecular weight excluding hydrogens is 580 g/mol. The van der Waals surface area contributed by atoms with Gasteiger partial charge in [-0.1, -0.05) is 42.8 Å². The van der Waals surface area contributed by atoms with Crippen LogP contribution in [-0.4, -0.2) is 75.0 Å². The van der Waals surface area contributed by atoms with E-state index in [9.17, 15) is 19.2 Å². The third-order valence-corrected chi connectivity index (χ3v) is 8.29. The summed E-state index contributed by atoms with van der Waals surface area (Å²) >= 11 is 1.19. The molecule has 13 nitrogen and oxygen atoms in total. The van der Waals surface area contributed by atoms with Gasteiger partial charge in [-0.2, -0.15) is 0 Å². The Balaban J connectivity index is 1.69. The number of ether oxygens (including phenoxy) is 5. The molecule has 43 heavy (non-hydrogen) atoms. The molecule has 14 heteroatoms. The van der Waals surface area contributed by atoms with E-state index in [0.717, 1.165) is 37.0 Å².